The minimum absolute atomic E-state index is 0.668. The van der Waals surface area contributed by atoms with Crippen molar-refractivity contribution in [2.24, 2.45) is 5.92 Å². The van der Waals surface area contributed by atoms with Crippen molar-refractivity contribution in [2.75, 3.05) is 25.0 Å². The lowest BCUT2D eigenvalue weighted by Crippen LogP contribution is -2.41. The second-order valence-electron chi connectivity index (χ2n) is 5.90. The first kappa shape index (κ1) is 12.8. The molecule has 1 N–H and O–H groups in total. The molecule has 2 aliphatic heterocycles. The zero-order valence-electron chi connectivity index (χ0n) is 12.0. The summed E-state index contributed by atoms with van der Waals surface area (Å²) in [7, 11) is 0. The molecule has 0 radical (unpaired) electrons. The fourth-order valence-corrected chi connectivity index (χ4v) is 3.22. The van der Waals surface area contributed by atoms with Gasteiger partial charge in [-0.2, -0.15) is 0 Å². The van der Waals surface area contributed by atoms with Gasteiger partial charge in [0.1, 0.15) is 12.4 Å². The summed E-state index contributed by atoms with van der Waals surface area (Å²) in [6, 6.07) is 7.12. The Kier molecular flexibility index (Phi) is 3.65. The van der Waals surface area contributed by atoms with Gasteiger partial charge in [0.15, 0.2) is 0 Å². The lowest BCUT2D eigenvalue weighted by atomic mass is 9.91. The molecule has 19 heavy (non-hydrogen) atoms. The van der Waals surface area contributed by atoms with E-state index in [-0.39, 0.29) is 0 Å². The summed E-state index contributed by atoms with van der Waals surface area (Å²) in [6.07, 6.45) is 2.68. The summed E-state index contributed by atoms with van der Waals surface area (Å²) in [6.45, 7) is 8.64. The van der Waals surface area contributed by atoms with Gasteiger partial charge < -0.3 is 10.1 Å². The summed E-state index contributed by atoms with van der Waals surface area (Å²) in [4.78, 5) is 2.60. The van der Waals surface area contributed by atoms with E-state index in [0.29, 0.717) is 6.04 Å². The van der Waals surface area contributed by atoms with Gasteiger partial charge >= 0.3 is 0 Å². The summed E-state index contributed by atoms with van der Waals surface area (Å²) in [5.41, 5.74) is 2.48. The minimum atomic E-state index is 0.668. The lowest BCUT2D eigenvalue weighted by Gasteiger charge is -2.38. The molecule has 3 heteroatoms. The molecule has 0 aliphatic carbocycles. The van der Waals surface area contributed by atoms with Gasteiger partial charge in [0.2, 0.25) is 0 Å². The normalized spacial score (nSPS) is 27.3. The third-order valence-corrected chi connectivity index (χ3v) is 4.64. The largest absolute Gasteiger partial charge is 0.489 e. The summed E-state index contributed by atoms with van der Waals surface area (Å²) in [5, 5.41) is 3.42. The predicted octanol–water partition coefficient (Wildman–Crippen LogP) is 3.11. The lowest BCUT2D eigenvalue weighted by molar-refractivity contribution is 0.105. The highest BCUT2D eigenvalue weighted by molar-refractivity contribution is 5.61. The van der Waals surface area contributed by atoms with Gasteiger partial charge in [0.05, 0.1) is 5.69 Å². The number of para-hydroxylation sites is 1. The Morgan fingerprint density at radius 2 is 2.26 bits per heavy atom. The monoisotopic (exact) mass is 260 g/mol. The number of ether oxygens (including phenoxy) is 1. The number of hydrogen-bond donors (Lipinski definition) is 1. The highest BCUT2D eigenvalue weighted by Gasteiger charge is 2.26. The number of piperidine rings is 1. The molecular weight excluding hydrogens is 236 g/mol. The standard InChI is InChI=1S/C16H24N2O/c1-12-5-4-9-18(13(12)2)11-14-6-3-7-15-16(14)19-10-8-17-15/h3,6-7,12-13,17H,4-5,8-11H2,1-2H3. The molecular formula is C16H24N2O. The van der Waals surface area contributed by atoms with Crippen LogP contribution in [0.1, 0.15) is 32.3 Å². The summed E-state index contributed by atoms with van der Waals surface area (Å²) in [5.74, 6) is 1.87. The van der Waals surface area contributed by atoms with E-state index in [1.54, 1.807) is 0 Å². The van der Waals surface area contributed by atoms with Gasteiger partial charge in [-0.3, -0.25) is 4.90 Å². The number of hydrogen-bond acceptors (Lipinski definition) is 3. The first-order valence-electron chi connectivity index (χ1n) is 7.48. The Bertz CT molecular complexity index is 446. The predicted molar refractivity (Wildman–Crippen MR) is 78.7 cm³/mol. The van der Waals surface area contributed by atoms with Gasteiger partial charge in [0.25, 0.3) is 0 Å². The van der Waals surface area contributed by atoms with Crippen LogP contribution in [0.25, 0.3) is 0 Å². The van der Waals surface area contributed by atoms with Crippen molar-refractivity contribution in [3.05, 3.63) is 23.8 Å². The zero-order valence-corrected chi connectivity index (χ0v) is 12.0. The minimum Gasteiger partial charge on any atom is -0.489 e. The second-order valence-corrected chi connectivity index (χ2v) is 5.90. The zero-order chi connectivity index (χ0) is 13.2. The van der Waals surface area contributed by atoms with Gasteiger partial charge in [-0.15, -0.1) is 0 Å². The van der Waals surface area contributed by atoms with Gasteiger partial charge in [-0.05, 0) is 38.3 Å². The molecule has 2 unspecified atom stereocenters. The maximum Gasteiger partial charge on any atom is 0.146 e. The van der Waals surface area contributed by atoms with E-state index in [2.05, 4.69) is 42.3 Å². The molecule has 0 bridgehead atoms. The van der Waals surface area contributed by atoms with E-state index in [1.807, 2.05) is 0 Å². The Morgan fingerprint density at radius 1 is 1.37 bits per heavy atom. The van der Waals surface area contributed by atoms with Crippen molar-refractivity contribution >= 4 is 5.69 Å². The third kappa shape index (κ3) is 2.57. The number of nitrogens with one attached hydrogen (secondary N) is 1. The molecule has 3 rings (SSSR count). The van der Waals surface area contributed by atoms with Crippen molar-refractivity contribution in [3.8, 4) is 5.75 Å². The van der Waals surface area contributed by atoms with E-state index >= 15 is 0 Å². The molecule has 0 saturated carbocycles. The van der Waals surface area contributed by atoms with Crippen molar-refractivity contribution in [3.63, 3.8) is 0 Å². The SMILES string of the molecule is CC1CCCN(Cc2cccc3c2OCCN3)C1C. The Hall–Kier alpha value is -1.22. The second kappa shape index (κ2) is 5.41. The Labute approximate surface area is 115 Å². The van der Waals surface area contributed by atoms with Crippen LogP contribution in [-0.4, -0.2) is 30.6 Å². The number of anilines is 1. The molecule has 0 amide bonds. The molecule has 1 aromatic carbocycles. The van der Waals surface area contributed by atoms with Crippen LogP contribution in [0.2, 0.25) is 0 Å². The quantitative estimate of drug-likeness (QED) is 0.884. The summed E-state index contributed by atoms with van der Waals surface area (Å²) >= 11 is 0. The number of benzene rings is 1. The Morgan fingerprint density at radius 3 is 3.16 bits per heavy atom. The van der Waals surface area contributed by atoms with E-state index in [4.69, 9.17) is 4.74 Å². The van der Waals surface area contributed by atoms with Crippen LogP contribution in [0, 0.1) is 5.92 Å². The molecule has 1 fully saturated rings. The molecule has 2 atom stereocenters. The molecule has 104 valence electrons. The highest BCUT2D eigenvalue weighted by atomic mass is 16.5. The topological polar surface area (TPSA) is 24.5 Å². The van der Waals surface area contributed by atoms with E-state index in [1.165, 1.54) is 24.9 Å². The molecule has 2 heterocycles. The molecule has 0 aromatic heterocycles. The van der Waals surface area contributed by atoms with Gasteiger partial charge in [-0.25, -0.2) is 0 Å². The first-order chi connectivity index (χ1) is 9.25. The molecule has 1 aromatic rings. The van der Waals surface area contributed by atoms with E-state index in [0.717, 1.165) is 37.1 Å². The average Bonchev–Trinajstić information content (AvgIpc) is 2.44. The van der Waals surface area contributed by atoms with Crippen molar-refractivity contribution in [1.82, 2.24) is 4.90 Å². The summed E-state index contributed by atoms with van der Waals surface area (Å²) < 4.78 is 5.87. The van der Waals surface area contributed by atoms with Crippen LogP contribution in [0.3, 0.4) is 0 Å². The maximum atomic E-state index is 5.87. The van der Waals surface area contributed by atoms with Crippen LogP contribution in [0.4, 0.5) is 5.69 Å². The van der Waals surface area contributed by atoms with Crippen LogP contribution in [0.15, 0.2) is 18.2 Å². The molecule has 1 saturated heterocycles. The third-order valence-electron chi connectivity index (χ3n) is 4.64. The van der Waals surface area contributed by atoms with Crippen LogP contribution in [0.5, 0.6) is 5.75 Å². The molecule has 2 aliphatic rings. The van der Waals surface area contributed by atoms with Gasteiger partial charge in [0, 0.05) is 24.7 Å². The van der Waals surface area contributed by atoms with Crippen molar-refractivity contribution in [2.45, 2.75) is 39.3 Å². The number of likely N-dealkylation sites (tertiary alicyclic amines) is 1. The van der Waals surface area contributed by atoms with Crippen LogP contribution >= 0.6 is 0 Å². The molecule has 0 spiro atoms. The maximum absolute atomic E-state index is 5.87. The highest BCUT2D eigenvalue weighted by Crippen LogP contribution is 2.33. The van der Waals surface area contributed by atoms with E-state index < -0.39 is 0 Å². The average molecular weight is 260 g/mol. The van der Waals surface area contributed by atoms with Gasteiger partial charge in [-0.1, -0.05) is 19.1 Å². The number of rotatable bonds is 2. The molecule has 3 nitrogen and oxygen atoms in total. The fraction of sp³-hybridized carbons (Fsp3) is 0.625. The van der Waals surface area contributed by atoms with E-state index in [9.17, 15) is 0 Å². The van der Waals surface area contributed by atoms with Crippen molar-refractivity contribution in [1.29, 1.82) is 0 Å². The number of nitrogens with zero attached hydrogens (tertiary/aromatic N) is 1. The van der Waals surface area contributed by atoms with Crippen LogP contribution in [-0.2, 0) is 6.54 Å². The first-order valence-corrected chi connectivity index (χ1v) is 7.48. The van der Waals surface area contributed by atoms with Crippen molar-refractivity contribution < 1.29 is 4.74 Å². The van der Waals surface area contributed by atoms with Crippen LogP contribution < -0.4 is 10.1 Å². The fourth-order valence-electron chi connectivity index (χ4n) is 3.22. The Balaban J connectivity index is 1.79. The number of fused-ring (bicyclic) bond motifs is 1. The smallest absolute Gasteiger partial charge is 0.146 e.